The van der Waals surface area contributed by atoms with Gasteiger partial charge in [0.25, 0.3) is 0 Å². The molecular weight excluding hydrogens is 274 g/mol. The van der Waals surface area contributed by atoms with E-state index in [1.54, 1.807) is 0 Å². The first-order valence-corrected chi connectivity index (χ1v) is 8.09. The summed E-state index contributed by atoms with van der Waals surface area (Å²) >= 11 is 6.05. The third-order valence-electron chi connectivity index (χ3n) is 4.90. The summed E-state index contributed by atoms with van der Waals surface area (Å²) in [5, 5.41) is 18.8. The van der Waals surface area contributed by atoms with Crippen LogP contribution in [0.15, 0.2) is 6.20 Å². The molecule has 1 aromatic rings. The van der Waals surface area contributed by atoms with Crippen LogP contribution in [0, 0.1) is 12.8 Å². The molecule has 5 heteroatoms. The van der Waals surface area contributed by atoms with E-state index in [0.717, 1.165) is 30.1 Å². The number of nitrogens with zero attached hydrogens (tertiary/aromatic N) is 2. The molecule has 112 valence electrons. The average Bonchev–Trinajstić information content (AvgIpc) is 3.06. The molecule has 0 radical (unpaired) electrons. The fourth-order valence-corrected chi connectivity index (χ4v) is 3.69. The molecule has 20 heavy (non-hydrogen) atoms. The largest absolute Gasteiger partial charge is 0.394 e. The third-order valence-corrected chi connectivity index (χ3v) is 5.27. The van der Waals surface area contributed by atoms with Crippen molar-refractivity contribution in [2.24, 2.45) is 5.92 Å². The van der Waals surface area contributed by atoms with Crippen molar-refractivity contribution in [2.75, 3.05) is 6.61 Å². The van der Waals surface area contributed by atoms with Crippen molar-refractivity contribution >= 4 is 11.6 Å². The van der Waals surface area contributed by atoms with E-state index in [1.807, 2.05) is 17.8 Å². The predicted molar refractivity (Wildman–Crippen MR) is 79.9 cm³/mol. The number of hydrogen-bond donors (Lipinski definition) is 2. The first-order valence-electron chi connectivity index (χ1n) is 7.71. The molecule has 4 nitrogen and oxygen atoms in total. The summed E-state index contributed by atoms with van der Waals surface area (Å²) in [5.41, 5.74) is 0.843. The highest BCUT2D eigenvalue weighted by molar-refractivity contribution is 6.31. The Morgan fingerprint density at radius 2 is 2.30 bits per heavy atom. The van der Waals surface area contributed by atoms with Crippen LogP contribution in [-0.4, -0.2) is 33.1 Å². The van der Waals surface area contributed by atoms with Crippen LogP contribution in [0.5, 0.6) is 0 Å². The molecule has 2 fully saturated rings. The predicted octanol–water partition coefficient (Wildman–Crippen LogP) is 2.52. The molecule has 2 unspecified atom stereocenters. The summed E-state index contributed by atoms with van der Waals surface area (Å²) in [4.78, 5) is 0. The minimum atomic E-state index is -0.0485. The summed E-state index contributed by atoms with van der Waals surface area (Å²) < 4.78 is 1.94. The van der Waals surface area contributed by atoms with Gasteiger partial charge in [0.2, 0.25) is 0 Å². The number of aliphatic hydroxyl groups excluding tert-OH is 1. The molecule has 2 N–H and O–H groups in total. The standard InChI is InChI=1S/C15H24ClN3O/c1-11-14(16)9-19(18-11)8-6-12-3-2-7-15(12,10-20)17-13-4-5-13/h9,12-13,17,20H,2-8,10H2,1H3. The molecule has 2 saturated carbocycles. The second-order valence-electron chi connectivity index (χ2n) is 6.44. The Morgan fingerprint density at radius 1 is 1.50 bits per heavy atom. The van der Waals surface area contributed by atoms with E-state index in [4.69, 9.17) is 11.6 Å². The molecule has 0 spiro atoms. The van der Waals surface area contributed by atoms with Crippen LogP contribution in [0.2, 0.25) is 5.02 Å². The van der Waals surface area contributed by atoms with Crippen LogP contribution < -0.4 is 5.32 Å². The smallest absolute Gasteiger partial charge is 0.0814 e. The molecule has 0 saturated heterocycles. The van der Waals surface area contributed by atoms with E-state index >= 15 is 0 Å². The Morgan fingerprint density at radius 3 is 2.90 bits per heavy atom. The molecule has 2 aliphatic carbocycles. The highest BCUT2D eigenvalue weighted by atomic mass is 35.5. The van der Waals surface area contributed by atoms with E-state index in [1.165, 1.54) is 25.7 Å². The zero-order chi connectivity index (χ0) is 14.2. The maximum atomic E-state index is 9.90. The van der Waals surface area contributed by atoms with Crippen molar-refractivity contribution in [1.82, 2.24) is 15.1 Å². The van der Waals surface area contributed by atoms with E-state index in [2.05, 4.69) is 10.4 Å². The van der Waals surface area contributed by atoms with Crippen LogP contribution in [-0.2, 0) is 6.54 Å². The fraction of sp³-hybridized carbons (Fsp3) is 0.800. The van der Waals surface area contributed by atoms with Crippen molar-refractivity contribution in [3.05, 3.63) is 16.9 Å². The Hall–Kier alpha value is -0.580. The van der Waals surface area contributed by atoms with Gasteiger partial charge in [-0.25, -0.2) is 0 Å². The Bertz CT molecular complexity index is 452. The van der Waals surface area contributed by atoms with E-state index in [9.17, 15) is 5.11 Å². The molecule has 1 heterocycles. The van der Waals surface area contributed by atoms with E-state index < -0.39 is 0 Å². The zero-order valence-corrected chi connectivity index (χ0v) is 12.9. The van der Waals surface area contributed by atoms with Gasteiger partial charge in [0, 0.05) is 24.3 Å². The second kappa shape index (κ2) is 5.66. The Balaban J connectivity index is 1.62. The molecule has 3 rings (SSSR count). The van der Waals surface area contributed by atoms with Crippen LogP contribution in [0.4, 0.5) is 0 Å². The molecular formula is C15H24ClN3O. The summed E-state index contributed by atoms with van der Waals surface area (Å²) in [6.45, 7) is 3.07. The van der Waals surface area contributed by atoms with Gasteiger partial charge in [-0.15, -0.1) is 0 Å². The molecule has 0 aliphatic heterocycles. The number of aryl methyl sites for hydroxylation is 2. The highest BCUT2D eigenvalue weighted by Gasteiger charge is 2.44. The fourth-order valence-electron chi connectivity index (χ4n) is 3.54. The number of hydrogen-bond acceptors (Lipinski definition) is 3. The number of halogens is 1. The summed E-state index contributed by atoms with van der Waals surface area (Å²) in [5.74, 6) is 0.538. The van der Waals surface area contributed by atoms with Crippen molar-refractivity contribution in [2.45, 2.75) is 63.6 Å². The maximum Gasteiger partial charge on any atom is 0.0814 e. The van der Waals surface area contributed by atoms with Crippen LogP contribution >= 0.6 is 11.6 Å². The van der Waals surface area contributed by atoms with Gasteiger partial charge in [-0.1, -0.05) is 18.0 Å². The minimum Gasteiger partial charge on any atom is -0.394 e. The van der Waals surface area contributed by atoms with Gasteiger partial charge >= 0.3 is 0 Å². The van der Waals surface area contributed by atoms with E-state index in [-0.39, 0.29) is 12.1 Å². The van der Waals surface area contributed by atoms with Crippen molar-refractivity contribution in [3.63, 3.8) is 0 Å². The van der Waals surface area contributed by atoms with Gasteiger partial charge in [0.05, 0.1) is 17.3 Å². The van der Waals surface area contributed by atoms with Crippen molar-refractivity contribution in [1.29, 1.82) is 0 Å². The number of aromatic nitrogens is 2. The lowest BCUT2D eigenvalue weighted by atomic mass is 9.85. The topological polar surface area (TPSA) is 50.1 Å². The first kappa shape index (κ1) is 14.4. The third kappa shape index (κ3) is 2.87. The number of rotatable bonds is 6. The van der Waals surface area contributed by atoms with Crippen molar-refractivity contribution in [3.8, 4) is 0 Å². The minimum absolute atomic E-state index is 0.0485. The molecule has 1 aromatic heterocycles. The van der Waals surface area contributed by atoms with Crippen LogP contribution in [0.3, 0.4) is 0 Å². The Labute approximate surface area is 125 Å². The number of aliphatic hydroxyl groups is 1. The average molecular weight is 298 g/mol. The summed E-state index contributed by atoms with van der Waals surface area (Å²) in [7, 11) is 0. The van der Waals surface area contributed by atoms with E-state index in [0.29, 0.717) is 12.0 Å². The molecule has 2 aliphatic rings. The van der Waals surface area contributed by atoms with Crippen LogP contribution in [0.1, 0.15) is 44.2 Å². The highest BCUT2D eigenvalue weighted by Crippen LogP contribution is 2.40. The van der Waals surface area contributed by atoms with Crippen LogP contribution in [0.25, 0.3) is 0 Å². The lowest BCUT2D eigenvalue weighted by Crippen LogP contribution is -2.52. The van der Waals surface area contributed by atoms with Gasteiger partial charge in [-0.05, 0) is 44.9 Å². The van der Waals surface area contributed by atoms with Gasteiger partial charge in [-0.3, -0.25) is 4.68 Å². The maximum absolute atomic E-state index is 9.90. The quantitative estimate of drug-likeness (QED) is 0.848. The first-order chi connectivity index (χ1) is 9.63. The molecule has 2 atom stereocenters. The second-order valence-corrected chi connectivity index (χ2v) is 6.84. The monoisotopic (exact) mass is 297 g/mol. The SMILES string of the molecule is Cc1nn(CCC2CCCC2(CO)NC2CC2)cc1Cl. The van der Waals surface area contributed by atoms with Gasteiger partial charge < -0.3 is 10.4 Å². The summed E-state index contributed by atoms with van der Waals surface area (Å²) in [6, 6.07) is 0.643. The lowest BCUT2D eigenvalue weighted by Gasteiger charge is -2.35. The summed E-state index contributed by atoms with van der Waals surface area (Å²) in [6.07, 6.45) is 9.00. The number of nitrogens with one attached hydrogen (secondary N) is 1. The lowest BCUT2D eigenvalue weighted by molar-refractivity contribution is 0.114. The molecule has 0 aromatic carbocycles. The molecule has 0 bridgehead atoms. The van der Waals surface area contributed by atoms with Gasteiger partial charge in [0.15, 0.2) is 0 Å². The zero-order valence-electron chi connectivity index (χ0n) is 12.1. The van der Waals surface area contributed by atoms with Gasteiger partial charge in [0.1, 0.15) is 0 Å². The molecule has 0 amide bonds. The Kier molecular flexibility index (Phi) is 4.07. The van der Waals surface area contributed by atoms with Crippen molar-refractivity contribution < 1.29 is 5.11 Å². The normalized spacial score (nSPS) is 30.1. The van der Waals surface area contributed by atoms with Gasteiger partial charge in [-0.2, -0.15) is 5.10 Å².